The molecule has 0 aliphatic heterocycles. The quantitative estimate of drug-likeness (QED) is 0.00859. The average Bonchev–Trinajstić information content (AvgIpc) is 1.68. The third-order valence-corrected chi connectivity index (χ3v) is 13.4. The molecule has 1 unspecified atom stereocenters. The Balaban J connectivity index is -0.000000387. The zero-order valence-corrected chi connectivity index (χ0v) is 81.2. The second-order valence-corrected chi connectivity index (χ2v) is 20.3. The molecule has 0 amide bonds. The predicted octanol–water partition coefficient (Wildman–Crippen LogP) is 7.54. The van der Waals surface area contributed by atoms with E-state index in [0.29, 0.717) is 71.1 Å². The van der Waals surface area contributed by atoms with Crippen molar-refractivity contribution in [2.45, 2.75) is 34.1 Å². The second-order valence-electron chi connectivity index (χ2n) is 20.3. The number of nitrogens with zero attached hydrogens (tertiary/aromatic N) is 8. The fourth-order valence-electron chi connectivity index (χ4n) is 8.91. The van der Waals surface area contributed by atoms with Crippen LogP contribution in [0.5, 0.6) is 0 Å². The molecule has 0 saturated heterocycles. The molecule has 0 aliphatic rings. The SMILES string of the molecule is CNN.[CH2-]C(C(=O)C(=O)OCC)C(=O)c1[c-]cccc1.[CH2-]CC(=O)c1[c-]cccc1.[CH2-]c1c(-c2[c-]cccc2)nn(C)c1C(=O)OCC.[CH2-]c1c(C(=O)O)nn(C)c1-c1[c-]cccc1.[CH2-]c1c(C(=O)OCC)nn(C)c1-c1[c-]cccc1.[CH2-]c1c(C(=O)OCC)nn(C)c1-c1[c-]cccc1.[Na+].[OH-].[Y].[Y].[Y].[Y].[Y].[Y]. The third kappa shape index (κ3) is 34.1. The Morgan fingerprint density at radius 2 is 0.787 bits per heavy atom. The summed E-state index contributed by atoms with van der Waals surface area (Å²) in [6.07, 6.45) is 0.306. The molecule has 0 fully saturated rings. The van der Waals surface area contributed by atoms with E-state index in [1.54, 1.807) is 115 Å². The van der Waals surface area contributed by atoms with Crippen molar-refractivity contribution in [1.82, 2.24) is 44.5 Å². The van der Waals surface area contributed by atoms with Crippen LogP contribution in [0.4, 0.5) is 0 Å². The number of aromatic nitrogens is 8. The molecule has 10 aromatic rings. The topological polar surface area (TPSA) is 333 Å². The monoisotopic (exact) mass is 1920 g/mol. The number of aryl methyl sites for hydroxylation is 4. The van der Waals surface area contributed by atoms with E-state index in [1.165, 1.54) is 15.4 Å². The van der Waals surface area contributed by atoms with E-state index in [9.17, 15) is 38.4 Å². The summed E-state index contributed by atoms with van der Waals surface area (Å²) in [6.45, 7) is 30.3. The van der Waals surface area contributed by atoms with E-state index in [1.807, 2.05) is 97.1 Å². The van der Waals surface area contributed by atoms with Crippen molar-refractivity contribution in [3.05, 3.63) is 280 Å². The molecule has 0 saturated carbocycles. The summed E-state index contributed by atoms with van der Waals surface area (Å²) >= 11 is 0. The van der Waals surface area contributed by atoms with Gasteiger partial charge in [0.25, 0.3) is 11.9 Å². The number of benzene rings is 6. The van der Waals surface area contributed by atoms with Crippen molar-refractivity contribution in [2.24, 2.45) is 40.0 Å². The van der Waals surface area contributed by atoms with Crippen LogP contribution < -0.4 is 40.8 Å². The van der Waals surface area contributed by atoms with Crippen LogP contribution in [0.15, 0.2) is 146 Å². The number of aromatic carboxylic acids is 1. The zero-order chi connectivity index (χ0) is 74.0. The van der Waals surface area contributed by atoms with Gasteiger partial charge in [-0.05, 0) is 57.5 Å². The van der Waals surface area contributed by atoms with E-state index in [0.717, 1.165) is 33.6 Å². The second kappa shape index (κ2) is 60.2. The number of Topliss-reactive ketones (excluding diaryl/α,β-unsaturated/α-hetero) is 3. The van der Waals surface area contributed by atoms with Crippen LogP contribution in [0.1, 0.15) is 119 Å². The summed E-state index contributed by atoms with van der Waals surface area (Å²) < 4.78 is 25.7. The van der Waals surface area contributed by atoms with Crippen LogP contribution in [0.2, 0.25) is 0 Å². The van der Waals surface area contributed by atoms with Gasteiger partial charge in [-0.2, -0.15) is 34.1 Å². The Morgan fingerprint density at radius 1 is 0.472 bits per heavy atom. The van der Waals surface area contributed by atoms with E-state index >= 15 is 0 Å². The smallest absolute Gasteiger partial charge is 0.870 e. The number of carboxylic acid groups (broad SMARTS) is 1. The van der Waals surface area contributed by atoms with Gasteiger partial charge in [0.2, 0.25) is 5.78 Å². The van der Waals surface area contributed by atoms with Crippen molar-refractivity contribution < 1.29 is 294 Å². The number of ketones is 3. The summed E-state index contributed by atoms with van der Waals surface area (Å²) in [5.74, 6) is -1.51. The molecular weight excluding hydrogens is 1850 g/mol. The van der Waals surface area contributed by atoms with Crippen LogP contribution in [0.25, 0.3) is 45.0 Å². The number of carbonyl (C=O) groups excluding carboxylic acids is 7. The molecule has 552 valence electrons. The zero-order valence-electron chi connectivity index (χ0n) is 62.1. The van der Waals surface area contributed by atoms with Gasteiger partial charge in [-0.1, -0.05) is 5.92 Å². The number of rotatable bonds is 18. The van der Waals surface area contributed by atoms with Gasteiger partial charge in [0.05, 0.1) is 49.3 Å². The normalized spacial score (nSPS) is 9.56. The van der Waals surface area contributed by atoms with Gasteiger partial charge in [0.15, 0.2) is 0 Å². The number of hydrogen-bond acceptors (Lipinski definition) is 19. The first-order valence-electron chi connectivity index (χ1n) is 30.8. The molecule has 6 aromatic carbocycles. The Morgan fingerprint density at radius 3 is 1.09 bits per heavy atom. The van der Waals surface area contributed by atoms with Crippen molar-refractivity contribution in [2.75, 3.05) is 33.5 Å². The van der Waals surface area contributed by atoms with E-state index in [2.05, 4.69) is 114 Å². The van der Waals surface area contributed by atoms with Gasteiger partial charge < -0.3 is 71.7 Å². The molecule has 1 atom stereocenters. The Hall–Kier alpha value is -4.50. The number of hydrogen-bond donors (Lipinski definition) is 3. The first-order chi connectivity index (χ1) is 47.9. The van der Waals surface area contributed by atoms with E-state index in [4.69, 9.17) is 19.3 Å². The minimum absolute atomic E-state index is 0. The van der Waals surface area contributed by atoms with Gasteiger partial charge in [0.1, 0.15) is 0 Å². The molecule has 0 spiro atoms. The van der Waals surface area contributed by atoms with Crippen molar-refractivity contribution in [3.63, 3.8) is 0 Å². The molecule has 0 bridgehead atoms. The minimum atomic E-state index is -1.28. The molecule has 31 heteroatoms. The first kappa shape index (κ1) is 112. The molecule has 6 radical (unpaired) electrons. The molecule has 24 nitrogen and oxygen atoms in total. The fraction of sp³-hybridized carbons (Fsp3) is 0.195. The van der Waals surface area contributed by atoms with Crippen LogP contribution in [0, 0.1) is 83.9 Å². The molecule has 4 heterocycles. The first-order valence-corrected chi connectivity index (χ1v) is 30.8. The molecule has 5 N–H and O–H groups in total. The van der Waals surface area contributed by atoms with Crippen molar-refractivity contribution in [3.8, 4) is 45.0 Å². The number of ether oxygens (including phenoxy) is 4. The van der Waals surface area contributed by atoms with Gasteiger partial charge in [-0.15, -0.1) is 238 Å². The maximum Gasteiger partial charge on any atom is 1.00 e. The minimum Gasteiger partial charge on any atom is -0.870 e. The summed E-state index contributed by atoms with van der Waals surface area (Å²) in [5.41, 5.74) is 12.3. The van der Waals surface area contributed by atoms with Gasteiger partial charge in [-0.3, -0.25) is 35.2 Å². The number of carboxylic acids is 1. The largest absolute Gasteiger partial charge is 1.00 e. The van der Waals surface area contributed by atoms with Crippen LogP contribution in [-0.2, 0) is 253 Å². The molecule has 10 rings (SSSR count). The van der Waals surface area contributed by atoms with E-state index in [-0.39, 0.29) is 266 Å². The number of nitrogens with one attached hydrogen (secondary N) is 1. The Labute approximate surface area is 806 Å². The molecule has 108 heavy (non-hydrogen) atoms. The number of esters is 4. The van der Waals surface area contributed by atoms with Gasteiger partial charge in [-0.25, -0.2) is 25.2 Å². The van der Waals surface area contributed by atoms with Crippen molar-refractivity contribution >= 4 is 47.2 Å². The van der Waals surface area contributed by atoms with Gasteiger partial charge in [0, 0.05) is 236 Å². The van der Waals surface area contributed by atoms with Crippen LogP contribution >= 0.6 is 0 Å². The Kier molecular flexibility index (Phi) is 62.4. The molecule has 4 aromatic heterocycles. The fourth-order valence-corrected chi connectivity index (χ4v) is 8.91. The number of carbonyl (C=O) groups is 8. The molecule has 0 aliphatic carbocycles. The van der Waals surface area contributed by atoms with E-state index < -0.39 is 47.3 Å². The summed E-state index contributed by atoms with van der Waals surface area (Å²) in [6, 6.07) is 61.1. The predicted molar refractivity (Wildman–Crippen MR) is 377 cm³/mol. The maximum absolute atomic E-state index is 11.8. The van der Waals surface area contributed by atoms with Crippen LogP contribution in [0.3, 0.4) is 0 Å². The average molecular weight is 1920 g/mol. The summed E-state index contributed by atoms with van der Waals surface area (Å²) in [4.78, 5) is 91.4. The van der Waals surface area contributed by atoms with Gasteiger partial charge >= 0.3 is 47.5 Å². The maximum atomic E-state index is 11.8. The summed E-state index contributed by atoms with van der Waals surface area (Å²) in [5, 5.41) is 25.5. The van der Waals surface area contributed by atoms with Crippen LogP contribution in [-0.4, -0.2) is 130 Å². The summed E-state index contributed by atoms with van der Waals surface area (Å²) in [7, 11) is 8.59. The third-order valence-electron chi connectivity index (χ3n) is 13.4. The number of hydrazine groups is 1. The standard InChI is InChI=1S/3C14H14N2O2.C13H12O4.C12H10N2O2.C9H8O.CH6N2.Na.H2O.6Y/c2*1-4-18-14(17)12-10(2)13(16(3)15-12)11-8-6-5-7-9-11;1-4-18-14(17)13-10(2)12(15-16(13)3)11-8-6-5-7-9-11;1-3-17-13(16)12(15)9(2)11(14)10-7-5-4-6-8-10;1-8-10(12(15)16)13-14(2)11(8)9-6-4-3-5-7-9;1-2-9(10)8-6-4-3-5-7-8;1-3-2;;;;;;;;/h3*5-8H,2,4H2,1,3H3;4-7,9H,2-3H2,1H3;3-6H,1H2,2H3,(H,15,16);3-6H,1-2H2;3H,2H2,1H3;;1H2;;;;;;/q6*-2;;+1;;;;;;;/p-1. The Bertz CT molecular complexity index is 4210. The number of nitrogens with two attached hydrogens (primary N) is 1. The van der Waals surface area contributed by atoms with Crippen molar-refractivity contribution in [1.29, 1.82) is 0 Å². The molecular formula is C77H79N10NaO14Y6-12.